The van der Waals surface area contributed by atoms with Crippen LogP contribution in [0.15, 0.2) is 55.0 Å². The SMILES string of the molecule is CNCCOc1cc2nccc(Oc3c(F)cc(NC(=O)c4cnccc4OCC4CC4)cc3F)c2cc1OC. The number of benzene rings is 2. The fourth-order valence-electron chi connectivity index (χ4n) is 3.96. The molecule has 1 fully saturated rings. The molecule has 0 atom stereocenters. The summed E-state index contributed by atoms with van der Waals surface area (Å²) < 4.78 is 52.8. The van der Waals surface area contributed by atoms with Crippen LogP contribution < -0.4 is 29.6 Å². The smallest absolute Gasteiger partial charge is 0.261 e. The van der Waals surface area contributed by atoms with Crippen LogP contribution in [0.25, 0.3) is 10.9 Å². The van der Waals surface area contributed by atoms with E-state index in [4.69, 9.17) is 18.9 Å². The highest BCUT2D eigenvalue weighted by molar-refractivity contribution is 6.06. The van der Waals surface area contributed by atoms with Crippen LogP contribution in [0.4, 0.5) is 14.5 Å². The molecule has 1 amide bonds. The van der Waals surface area contributed by atoms with Crippen LogP contribution in [0.1, 0.15) is 23.2 Å². The standard InChI is InChI=1S/C29H28F2N4O5/c1-32-9-10-38-27-14-23-19(13-26(27)37-2)25(6-8-34-23)40-28-21(30)11-18(12-22(28)31)35-29(36)20-15-33-7-5-24(20)39-16-17-3-4-17/h5-8,11-15,17,32H,3-4,9-10,16H2,1-2H3,(H,35,36). The number of aromatic nitrogens is 2. The summed E-state index contributed by atoms with van der Waals surface area (Å²) in [4.78, 5) is 21.2. The molecule has 2 aromatic heterocycles. The van der Waals surface area contributed by atoms with E-state index in [9.17, 15) is 4.79 Å². The lowest BCUT2D eigenvalue weighted by Crippen LogP contribution is -2.16. The number of fused-ring (bicyclic) bond motifs is 1. The number of carbonyl (C=O) groups is 1. The maximum atomic E-state index is 15.1. The van der Waals surface area contributed by atoms with E-state index in [2.05, 4.69) is 20.6 Å². The third-order valence-electron chi connectivity index (χ3n) is 6.26. The zero-order valence-electron chi connectivity index (χ0n) is 22.0. The first-order chi connectivity index (χ1) is 19.5. The first-order valence-corrected chi connectivity index (χ1v) is 12.8. The third kappa shape index (κ3) is 6.20. The first kappa shape index (κ1) is 27.1. The van der Waals surface area contributed by atoms with Crippen molar-refractivity contribution in [3.8, 4) is 28.7 Å². The molecule has 4 aromatic rings. The molecule has 9 nitrogen and oxygen atoms in total. The molecule has 0 radical (unpaired) electrons. The van der Waals surface area contributed by atoms with Gasteiger partial charge < -0.3 is 29.6 Å². The minimum absolute atomic E-state index is 0.0889. The van der Waals surface area contributed by atoms with Gasteiger partial charge in [0.25, 0.3) is 5.91 Å². The van der Waals surface area contributed by atoms with E-state index in [1.54, 1.807) is 18.2 Å². The number of hydrogen-bond acceptors (Lipinski definition) is 8. The van der Waals surface area contributed by atoms with Gasteiger partial charge in [-0.1, -0.05) is 0 Å². The summed E-state index contributed by atoms with van der Waals surface area (Å²) >= 11 is 0. The topological polar surface area (TPSA) is 104 Å². The Bertz CT molecular complexity index is 1510. The molecule has 1 aliphatic rings. The number of rotatable bonds is 12. The van der Waals surface area contributed by atoms with Crippen molar-refractivity contribution < 1.29 is 32.5 Å². The Hall–Kier alpha value is -4.51. The number of ether oxygens (including phenoxy) is 4. The molecule has 0 spiro atoms. The summed E-state index contributed by atoms with van der Waals surface area (Å²) in [5.41, 5.74) is 0.559. The average molecular weight is 551 g/mol. The minimum atomic E-state index is -1.00. The quantitative estimate of drug-likeness (QED) is 0.228. The van der Waals surface area contributed by atoms with E-state index in [0.717, 1.165) is 25.0 Å². The lowest BCUT2D eigenvalue weighted by atomic mass is 10.1. The maximum absolute atomic E-state index is 15.1. The maximum Gasteiger partial charge on any atom is 0.261 e. The van der Waals surface area contributed by atoms with E-state index in [0.29, 0.717) is 53.8 Å². The molecule has 1 saturated carbocycles. The molecular weight excluding hydrogens is 522 g/mol. The predicted molar refractivity (Wildman–Crippen MR) is 145 cm³/mol. The van der Waals surface area contributed by atoms with Gasteiger partial charge >= 0.3 is 0 Å². The van der Waals surface area contributed by atoms with Crippen LogP contribution in [0.2, 0.25) is 0 Å². The molecule has 0 bridgehead atoms. The van der Waals surface area contributed by atoms with E-state index >= 15 is 8.78 Å². The van der Waals surface area contributed by atoms with E-state index in [1.165, 1.54) is 31.8 Å². The number of likely N-dealkylation sites (N-methyl/N-ethyl adjacent to an activating group) is 1. The fourth-order valence-corrected chi connectivity index (χ4v) is 3.96. The van der Waals surface area contributed by atoms with Crippen molar-refractivity contribution in [3.05, 3.63) is 72.2 Å². The van der Waals surface area contributed by atoms with Crippen molar-refractivity contribution in [3.63, 3.8) is 0 Å². The van der Waals surface area contributed by atoms with Crippen molar-refractivity contribution in [2.24, 2.45) is 5.92 Å². The molecule has 2 N–H and O–H groups in total. The average Bonchev–Trinajstić information content (AvgIpc) is 3.78. The second kappa shape index (κ2) is 12.1. The van der Waals surface area contributed by atoms with Crippen LogP contribution in [-0.2, 0) is 0 Å². The van der Waals surface area contributed by atoms with E-state index in [1.807, 2.05) is 7.05 Å². The Kier molecular flexibility index (Phi) is 8.20. The van der Waals surface area contributed by atoms with Crippen molar-refractivity contribution in [2.45, 2.75) is 12.8 Å². The van der Waals surface area contributed by atoms with Crippen molar-refractivity contribution >= 4 is 22.5 Å². The Labute approximate surface area is 229 Å². The summed E-state index contributed by atoms with van der Waals surface area (Å²) in [5.74, 6) is -1.36. The molecule has 208 valence electrons. The number of nitrogens with one attached hydrogen (secondary N) is 2. The zero-order chi connectivity index (χ0) is 28.1. The fraction of sp³-hybridized carbons (Fsp3) is 0.276. The van der Waals surface area contributed by atoms with Crippen molar-refractivity contribution in [1.82, 2.24) is 15.3 Å². The van der Waals surface area contributed by atoms with Gasteiger partial charge in [-0.15, -0.1) is 0 Å². The van der Waals surface area contributed by atoms with Gasteiger partial charge in [-0.25, -0.2) is 8.78 Å². The van der Waals surface area contributed by atoms with Crippen LogP contribution in [0, 0.1) is 17.6 Å². The highest BCUT2D eigenvalue weighted by Crippen LogP contribution is 2.39. The summed E-state index contributed by atoms with van der Waals surface area (Å²) in [6.45, 7) is 1.54. The number of carbonyl (C=O) groups excluding carboxylic acids is 1. The number of halogens is 2. The number of amides is 1. The van der Waals surface area contributed by atoms with Crippen molar-refractivity contribution in [2.75, 3.05) is 39.2 Å². The summed E-state index contributed by atoms with van der Waals surface area (Å²) in [7, 11) is 3.30. The van der Waals surface area contributed by atoms with Gasteiger partial charge in [0.1, 0.15) is 18.1 Å². The van der Waals surface area contributed by atoms with Gasteiger partial charge in [-0.2, -0.15) is 0 Å². The molecule has 2 aromatic carbocycles. The number of nitrogens with zero attached hydrogens (tertiary/aromatic N) is 2. The Morgan fingerprint density at radius 2 is 1.77 bits per heavy atom. The van der Waals surface area contributed by atoms with E-state index in [-0.39, 0.29) is 17.0 Å². The molecule has 40 heavy (non-hydrogen) atoms. The second-order valence-corrected chi connectivity index (χ2v) is 9.23. The van der Waals surface area contributed by atoms with Crippen LogP contribution >= 0.6 is 0 Å². The Balaban J connectivity index is 1.36. The summed E-state index contributed by atoms with van der Waals surface area (Å²) in [6.07, 6.45) is 6.51. The van der Waals surface area contributed by atoms with Crippen molar-refractivity contribution in [1.29, 1.82) is 0 Å². The lowest BCUT2D eigenvalue weighted by Gasteiger charge is -2.15. The van der Waals surface area contributed by atoms with Gasteiger partial charge in [-0.05, 0) is 44.0 Å². The number of methoxy groups -OCH3 is 1. The molecule has 1 aliphatic carbocycles. The number of anilines is 1. The summed E-state index contributed by atoms with van der Waals surface area (Å²) in [5, 5.41) is 5.96. The highest BCUT2D eigenvalue weighted by atomic mass is 19.1. The molecule has 2 heterocycles. The zero-order valence-corrected chi connectivity index (χ0v) is 22.0. The number of hydrogen-bond donors (Lipinski definition) is 2. The second-order valence-electron chi connectivity index (χ2n) is 9.23. The van der Waals surface area contributed by atoms with Crippen LogP contribution in [0.5, 0.6) is 28.7 Å². The summed E-state index contributed by atoms with van der Waals surface area (Å²) in [6, 6.07) is 8.34. The minimum Gasteiger partial charge on any atom is -0.493 e. The molecule has 0 aliphatic heterocycles. The molecule has 11 heteroatoms. The molecule has 0 unspecified atom stereocenters. The third-order valence-corrected chi connectivity index (χ3v) is 6.26. The van der Waals surface area contributed by atoms with Crippen LogP contribution in [0.3, 0.4) is 0 Å². The predicted octanol–water partition coefficient (Wildman–Crippen LogP) is 5.35. The van der Waals surface area contributed by atoms with Gasteiger partial charge in [0.05, 0.1) is 24.8 Å². The monoisotopic (exact) mass is 550 g/mol. The normalized spacial score (nSPS) is 12.7. The largest absolute Gasteiger partial charge is 0.493 e. The first-order valence-electron chi connectivity index (χ1n) is 12.8. The number of pyridine rings is 2. The Morgan fingerprint density at radius 3 is 2.50 bits per heavy atom. The molecule has 5 rings (SSSR count). The Morgan fingerprint density at radius 1 is 1.00 bits per heavy atom. The van der Waals surface area contributed by atoms with Gasteiger partial charge in [0.15, 0.2) is 28.9 Å². The van der Waals surface area contributed by atoms with Crippen LogP contribution in [-0.4, -0.2) is 49.8 Å². The molecular formula is C29H28F2N4O5. The van der Waals surface area contributed by atoms with Gasteiger partial charge in [0, 0.05) is 54.4 Å². The van der Waals surface area contributed by atoms with E-state index < -0.39 is 23.3 Å². The molecule has 0 saturated heterocycles. The lowest BCUT2D eigenvalue weighted by molar-refractivity contribution is 0.102. The highest BCUT2D eigenvalue weighted by Gasteiger charge is 2.24. The van der Waals surface area contributed by atoms with Gasteiger partial charge in [-0.3, -0.25) is 14.8 Å². The van der Waals surface area contributed by atoms with Gasteiger partial charge in [0.2, 0.25) is 0 Å².